The number of amides is 2. The van der Waals surface area contributed by atoms with Crippen molar-refractivity contribution in [3.05, 3.63) is 65.7 Å². The number of benzene rings is 2. The van der Waals surface area contributed by atoms with Crippen molar-refractivity contribution in [2.45, 2.75) is 36.2 Å². The van der Waals surface area contributed by atoms with E-state index in [0.717, 1.165) is 18.4 Å². The minimum Gasteiger partial charge on any atom is -0.368 e. The molecule has 2 aromatic rings. The molecule has 0 bridgehead atoms. The van der Waals surface area contributed by atoms with Gasteiger partial charge in [-0.1, -0.05) is 30.3 Å². The summed E-state index contributed by atoms with van der Waals surface area (Å²) in [6.45, 7) is 0. The van der Waals surface area contributed by atoms with Gasteiger partial charge in [0, 0.05) is 18.0 Å². The fourth-order valence-electron chi connectivity index (χ4n) is 2.59. The van der Waals surface area contributed by atoms with E-state index in [4.69, 9.17) is 5.73 Å². The molecule has 7 nitrogen and oxygen atoms in total. The van der Waals surface area contributed by atoms with Crippen LogP contribution in [0.3, 0.4) is 0 Å². The van der Waals surface area contributed by atoms with Crippen LogP contribution in [0.2, 0.25) is 0 Å². The molecule has 3 rings (SSSR count). The molecule has 1 aliphatic carbocycles. The summed E-state index contributed by atoms with van der Waals surface area (Å²) in [5.41, 5.74) is 6.52. The van der Waals surface area contributed by atoms with Crippen LogP contribution in [0.25, 0.3) is 0 Å². The summed E-state index contributed by atoms with van der Waals surface area (Å²) in [4.78, 5) is 24.2. The second-order valence-corrected chi connectivity index (χ2v) is 8.25. The molecule has 4 N–H and O–H groups in total. The van der Waals surface area contributed by atoms with Crippen LogP contribution in [-0.4, -0.2) is 32.3 Å². The topological polar surface area (TPSA) is 118 Å². The Morgan fingerprint density at radius 2 is 1.67 bits per heavy atom. The number of hydrogen-bond acceptors (Lipinski definition) is 4. The molecule has 0 heterocycles. The number of nitrogens with two attached hydrogens (primary N) is 1. The van der Waals surface area contributed by atoms with E-state index in [1.165, 1.54) is 24.3 Å². The van der Waals surface area contributed by atoms with Gasteiger partial charge >= 0.3 is 0 Å². The first-order valence-corrected chi connectivity index (χ1v) is 10.1. The summed E-state index contributed by atoms with van der Waals surface area (Å²) in [5.74, 6) is -1.13. The molecule has 27 heavy (non-hydrogen) atoms. The molecule has 8 heteroatoms. The van der Waals surface area contributed by atoms with Gasteiger partial charge in [-0.15, -0.1) is 0 Å². The summed E-state index contributed by atoms with van der Waals surface area (Å²) in [6.07, 6.45) is 1.96. The van der Waals surface area contributed by atoms with E-state index in [0.29, 0.717) is 0 Å². The number of hydrogen-bond donors (Lipinski definition) is 3. The highest BCUT2D eigenvalue weighted by molar-refractivity contribution is 7.89. The standard InChI is InChI=1S/C19H21N3O4S/c20-18(23)17(12-13-4-2-1-3-5-13)21-19(24)14-6-10-16(11-7-14)27(25,26)22-15-8-9-15/h1-7,10-11,15,17,22H,8-9,12H2,(H2,20,23)(H,21,24). The molecular weight excluding hydrogens is 366 g/mol. The summed E-state index contributed by atoms with van der Waals surface area (Å²) in [5, 5.41) is 2.60. The minimum absolute atomic E-state index is 0.00675. The van der Waals surface area contributed by atoms with Gasteiger partial charge in [0.15, 0.2) is 0 Å². The number of sulfonamides is 1. The maximum Gasteiger partial charge on any atom is 0.251 e. The third-order valence-corrected chi connectivity index (χ3v) is 5.79. The van der Waals surface area contributed by atoms with E-state index in [-0.39, 0.29) is 22.9 Å². The molecule has 0 aromatic heterocycles. The highest BCUT2D eigenvalue weighted by Gasteiger charge is 2.28. The summed E-state index contributed by atoms with van der Waals surface area (Å²) >= 11 is 0. The summed E-state index contributed by atoms with van der Waals surface area (Å²) < 4.78 is 26.9. The number of carbonyl (C=O) groups excluding carboxylic acids is 2. The summed E-state index contributed by atoms with van der Waals surface area (Å²) in [7, 11) is -3.57. The second-order valence-electron chi connectivity index (χ2n) is 6.54. The minimum atomic E-state index is -3.57. The lowest BCUT2D eigenvalue weighted by Gasteiger charge is -2.16. The van der Waals surface area contributed by atoms with Crippen LogP contribution in [0.5, 0.6) is 0 Å². The van der Waals surface area contributed by atoms with E-state index in [9.17, 15) is 18.0 Å². The quantitative estimate of drug-likeness (QED) is 0.625. The molecule has 1 unspecified atom stereocenters. The molecular formula is C19H21N3O4S. The molecule has 0 spiro atoms. The smallest absolute Gasteiger partial charge is 0.251 e. The first kappa shape index (κ1) is 19.1. The van der Waals surface area contributed by atoms with E-state index in [1.807, 2.05) is 30.3 Å². The Balaban J connectivity index is 1.68. The van der Waals surface area contributed by atoms with E-state index < -0.39 is 27.9 Å². The first-order valence-electron chi connectivity index (χ1n) is 8.61. The molecule has 0 saturated heterocycles. The van der Waals surface area contributed by atoms with Gasteiger partial charge in [0.2, 0.25) is 15.9 Å². The van der Waals surface area contributed by atoms with Crippen LogP contribution < -0.4 is 15.8 Å². The lowest BCUT2D eigenvalue weighted by Crippen LogP contribution is -2.45. The van der Waals surface area contributed by atoms with Crippen molar-refractivity contribution in [2.24, 2.45) is 5.73 Å². The summed E-state index contributed by atoms with van der Waals surface area (Å²) in [6, 6.07) is 13.9. The zero-order valence-corrected chi connectivity index (χ0v) is 15.4. The van der Waals surface area contributed by atoms with Gasteiger partial charge < -0.3 is 11.1 Å². The Morgan fingerprint density at radius 3 is 2.22 bits per heavy atom. The zero-order valence-electron chi connectivity index (χ0n) is 14.6. The van der Waals surface area contributed by atoms with E-state index >= 15 is 0 Å². The van der Waals surface area contributed by atoms with Gasteiger partial charge in [0.05, 0.1) is 4.90 Å². The number of rotatable bonds is 8. The molecule has 142 valence electrons. The van der Waals surface area contributed by atoms with Gasteiger partial charge in [-0.3, -0.25) is 9.59 Å². The highest BCUT2D eigenvalue weighted by Crippen LogP contribution is 2.22. The van der Waals surface area contributed by atoms with Crippen molar-refractivity contribution in [2.75, 3.05) is 0 Å². The SMILES string of the molecule is NC(=O)C(Cc1ccccc1)NC(=O)c1ccc(S(=O)(=O)NC2CC2)cc1. The van der Waals surface area contributed by atoms with Crippen LogP contribution in [0.4, 0.5) is 0 Å². The van der Waals surface area contributed by atoms with Crippen LogP contribution in [0.1, 0.15) is 28.8 Å². The third kappa shape index (κ3) is 5.15. The highest BCUT2D eigenvalue weighted by atomic mass is 32.2. The Kier molecular flexibility index (Phi) is 5.57. The fourth-order valence-corrected chi connectivity index (χ4v) is 3.89. The lowest BCUT2D eigenvalue weighted by molar-refractivity contribution is -0.119. The average Bonchev–Trinajstić information content (AvgIpc) is 3.45. The normalized spacial score (nSPS) is 15.1. The lowest BCUT2D eigenvalue weighted by atomic mass is 10.0. The van der Waals surface area contributed by atoms with Gasteiger partial charge in [-0.25, -0.2) is 13.1 Å². The van der Waals surface area contributed by atoms with Crippen molar-refractivity contribution in [1.82, 2.24) is 10.0 Å². The van der Waals surface area contributed by atoms with E-state index in [1.54, 1.807) is 0 Å². The zero-order chi connectivity index (χ0) is 19.4. The largest absolute Gasteiger partial charge is 0.368 e. The molecule has 0 aliphatic heterocycles. The van der Waals surface area contributed by atoms with E-state index in [2.05, 4.69) is 10.0 Å². The average molecular weight is 387 g/mol. The molecule has 2 amide bonds. The Labute approximate surface area is 158 Å². The molecule has 1 saturated carbocycles. The number of nitrogens with one attached hydrogen (secondary N) is 2. The first-order chi connectivity index (χ1) is 12.8. The van der Waals surface area contributed by atoms with Crippen molar-refractivity contribution >= 4 is 21.8 Å². The second kappa shape index (κ2) is 7.89. The molecule has 0 radical (unpaired) electrons. The molecule has 1 atom stereocenters. The predicted molar refractivity (Wildman–Crippen MR) is 100 cm³/mol. The van der Waals surface area contributed by atoms with Crippen molar-refractivity contribution in [3.8, 4) is 0 Å². The maximum atomic E-state index is 12.4. The maximum absolute atomic E-state index is 12.4. The molecule has 1 aliphatic rings. The Bertz CT molecular complexity index is 923. The van der Waals surface area contributed by atoms with Crippen LogP contribution in [-0.2, 0) is 21.2 Å². The van der Waals surface area contributed by atoms with Crippen LogP contribution in [0.15, 0.2) is 59.5 Å². The van der Waals surface area contributed by atoms with Gasteiger partial charge in [-0.05, 0) is 42.7 Å². The third-order valence-electron chi connectivity index (χ3n) is 4.26. The van der Waals surface area contributed by atoms with Crippen molar-refractivity contribution in [1.29, 1.82) is 0 Å². The van der Waals surface area contributed by atoms with Crippen molar-refractivity contribution < 1.29 is 18.0 Å². The Morgan fingerprint density at radius 1 is 1.04 bits per heavy atom. The monoisotopic (exact) mass is 387 g/mol. The fraction of sp³-hybridized carbons (Fsp3) is 0.263. The van der Waals surface area contributed by atoms with Crippen LogP contribution in [0, 0.1) is 0 Å². The van der Waals surface area contributed by atoms with Gasteiger partial charge in [0.25, 0.3) is 5.91 Å². The molecule has 2 aromatic carbocycles. The Hall–Kier alpha value is -2.71. The molecule has 1 fully saturated rings. The van der Waals surface area contributed by atoms with Crippen molar-refractivity contribution in [3.63, 3.8) is 0 Å². The number of carbonyl (C=O) groups is 2. The predicted octanol–water partition coefficient (Wildman–Crippen LogP) is 0.954. The van der Waals surface area contributed by atoms with Crippen LogP contribution >= 0.6 is 0 Å². The number of primary amides is 1. The van der Waals surface area contributed by atoms with Gasteiger partial charge in [0.1, 0.15) is 6.04 Å². The van der Waals surface area contributed by atoms with Gasteiger partial charge in [-0.2, -0.15) is 0 Å².